The molecular weight excluding hydrogens is 282 g/mol. The Bertz CT molecular complexity index is 598. The second-order valence-corrected chi connectivity index (χ2v) is 5.61. The van der Waals surface area contributed by atoms with Gasteiger partial charge in [0.05, 0.1) is 0 Å². The van der Waals surface area contributed by atoms with Crippen molar-refractivity contribution >= 4 is 23.9 Å². The molecule has 3 heterocycles. The van der Waals surface area contributed by atoms with Crippen LogP contribution in [0.2, 0.25) is 0 Å². The normalized spacial score (nSPS) is 21.4. The third-order valence-electron chi connectivity index (χ3n) is 4.10. The van der Waals surface area contributed by atoms with Gasteiger partial charge in [-0.25, -0.2) is 4.79 Å². The molecule has 0 bridgehead atoms. The highest BCUT2D eigenvalue weighted by atomic mass is 16.4. The van der Waals surface area contributed by atoms with E-state index in [1.54, 1.807) is 13.0 Å². The maximum atomic E-state index is 12.0. The molecule has 0 radical (unpaired) electrons. The molecule has 1 N–H and O–H groups in total. The number of amides is 3. The van der Waals surface area contributed by atoms with E-state index in [0.717, 1.165) is 19.0 Å². The van der Waals surface area contributed by atoms with E-state index < -0.39 is 0 Å². The Balaban J connectivity index is 1.75. The number of carbonyl (C=O) groups is 2. The molecule has 6 heteroatoms. The third-order valence-corrected chi connectivity index (χ3v) is 4.10. The summed E-state index contributed by atoms with van der Waals surface area (Å²) in [6, 6.07) is 3.38. The first-order valence-corrected chi connectivity index (χ1v) is 7.88. The second kappa shape index (κ2) is 6.25. The highest BCUT2D eigenvalue weighted by Crippen LogP contribution is 2.24. The molecule has 2 fully saturated rings. The Morgan fingerprint density at radius 1 is 1.18 bits per heavy atom. The lowest BCUT2D eigenvalue weighted by molar-refractivity contribution is -0.122. The number of imide groups is 1. The fourth-order valence-electron chi connectivity index (χ4n) is 2.88. The molecule has 0 atom stereocenters. The molecule has 3 rings (SSSR count). The van der Waals surface area contributed by atoms with Gasteiger partial charge in [0.15, 0.2) is 5.88 Å². The van der Waals surface area contributed by atoms with Crippen LogP contribution in [0.15, 0.2) is 22.2 Å². The molecule has 22 heavy (non-hydrogen) atoms. The van der Waals surface area contributed by atoms with Gasteiger partial charge >= 0.3 is 6.03 Å². The van der Waals surface area contributed by atoms with Crippen molar-refractivity contribution in [3.8, 4) is 0 Å². The van der Waals surface area contributed by atoms with Gasteiger partial charge in [-0.1, -0.05) is 12.8 Å². The van der Waals surface area contributed by atoms with Gasteiger partial charge in [0, 0.05) is 31.8 Å². The fraction of sp³-hybridized carbons (Fsp3) is 0.500. The van der Waals surface area contributed by atoms with E-state index in [4.69, 9.17) is 4.42 Å². The number of hydrogen-bond donors (Lipinski definition) is 1. The number of hydrogen-bond acceptors (Lipinski definition) is 4. The molecule has 2 aliphatic heterocycles. The molecule has 0 saturated carbocycles. The van der Waals surface area contributed by atoms with Crippen molar-refractivity contribution in [1.82, 2.24) is 10.2 Å². The average molecular weight is 303 g/mol. The smallest absolute Gasteiger partial charge is 0.328 e. The van der Waals surface area contributed by atoms with Gasteiger partial charge in [-0.15, -0.1) is 0 Å². The molecule has 0 aliphatic carbocycles. The number of rotatable bonds is 3. The highest BCUT2D eigenvalue weighted by Gasteiger charge is 2.32. The van der Waals surface area contributed by atoms with Crippen LogP contribution in [0.1, 0.15) is 38.4 Å². The van der Waals surface area contributed by atoms with Crippen LogP contribution in [0.5, 0.6) is 0 Å². The minimum atomic E-state index is -0.377. The molecule has 1 aromatic rings. The lowest BCUT2D eigenvalue weighted by Crippen LogP contribution is -2.30. The fourth-order valence-corrected chi connectivity index (χ4v) is 2.88. The Morgan fingerprint density at radius 2 is 1.91 bits per heavy atom. The predicted molar refractivity (Wildman–Crippen MR) is 83.3 cm³/mol. The maximum Gasteiger partial charge on any atom is 0.328 e. The number of anilines is 1. The van der Waals surface area contributed by atoms with Gasteiger partial charge in [0.25, 0.3) is 5.91 Å². The first-order valence-electron chi connectivity index (χ1n) is 7.88. The van der Waals surface area contributed by atoms with E-state index in [9.17, 15) is 9.59 Å². The first kappa shape index (κ1) is 14.7. The molecular formula is C16H21N3O3. The number of furan rings is 1. The predicted octanol–water partition coefficient (Wildman–Crippen LogP) is 2.57. The molecule has 0 spiro atoms. The average Bonchev–Trinajstić information content (AvgIpc) is 2.94. The van der Waals surface area contributed by atoms with Gasteiger partial charge < -0.3 is 14.6 Å². The van der Waals surface area contributed by atoms with Crippen LogP contribution in [0.25, 0.3) is 6.08 Å². The topological polar surface area (TPSA) is 65.8 Å². The van der Waals surface area contributed by atoms with Crippen LogP contribution in [-0.4, -0.2) is 36.5 Å². The van der Waals surface area contributed by atoms with Gasteiger partial charge in [-0.3, -0.25) is 9.69 Å². The van der Waals surface area contributed by atoms with E-state index in [2.05, 4.69) is 10.2 Å². The quantitative estimate of drug-likeness (QED) is 0.688. The van der Waals surface area contributed by atoms with E-state index in [0.29, 0.717) is 12.3 Å². The van der Waals surface area contributed by atoms with Crippen molar-refractivity contribution in [1.29, 1.82) is 0 Å². The van der Waals surface area contributed by atoms with Crippen molar-refractivity contribution in [3.05, 3.63) is 23.6 Å². The maximum absolute atomic E-state index is 12.0. The summed E-state index contributed by atoms with van der Waals surface area (Å²) < 4.78 is 5.82. The second-order valence-electron chi connectivity index (χ2n) is 5.61. The van der Waals surface area contributed by atoms with E-state index in [-0.39, 0.29) is 17.6 Å². The molecule has 3 amide bonds. The van der Waals surface area contributed by atoms with Crippen molar-refractivity contribution in [2.24, 2.45) is 0 Å². The van der Waals surface area contributed by atoms with Gasteiger partial charge in [0.1, 0.15) is 11.5 Å². The Kier molecular flexibility index (Phi) is 4.18. The van der Waals surface area contributed by atoms with E-state index in [1.807, 2.05) is 12.1 Å². The van der Waals surface area contributed by atoms with Gasteiger partial charge in [-0.2, -0.15) is 0 Å². The van der Waals surface area contributed by atoms with Crippen LogP contribution >= 0.6 is 0 Å². The summed E-state index contributed by atoms with van der Waals surface area (Å²) in [5.41, 5.74) is 0.267. The number of likely N-dealkylation sites (N-methyl/N-ethyl adjacent to an activating group) is 1. The first-order chi connectivity index (χ1) is 10.7. The summed E-state index contributed by atoms with van der Waals surface area (Å²) in [4.78, 5) is 27.1. The SMILES string of the molecule is CCN1C(=O)N/C(=C/c2ccc(N3CCCCCC3)o2)C1=O. The van der Waals surface area contributed by atoms with Crippen molar-refractivity contribution in [3.63, 3.8) is 0 Å². The molecule has 118 valence electrons. The van der Waals surface area contributed by atoms with Crippen molar-refractivity contribution in [2.45, 2.75) is 32.6 Å². The standard InChI is InChI=1S/C16H21N3O3/c1-2-19-15(20)13(17-16(19)21)11-12-7-8-14(22-12)18-9-5-3-4-6-10-18/h7-8,11H,2-6,9-10H2,1H3,(H,17,21)/b13-11+. The van der Waals surface area contributed by atoms with Crippen LogP contribution in [-0.2, 0) is 4.79 Å². The van der Waals surface area contributed by atoms with Gasteiger partial charge in [-0.05, 0) is 25.8 Å². The summed E-state index contributed by atoms with van der Waals surface area (Å²) in [7, 11) is 0. The van der Waals surface area contributed by atoms with Crippen LogP contribution in [0.4, 0.5) is 10.7 Å². The largest absolute Gasteiger partial charge is 0.441 e. The highest BCUT2D eigenvalue weighted by molar-refractivity contribution is 6.13. The van der Waals surface area contributed by atoms with Crippen LogP contribution in [0, 0.1) is 0 Å². The third kappa shape index (κ3) is 2.86. The number of nitrogens with one attached hydrogen (secondary N) is 1. The summed E-state index contributed by atoms with van der Waals surface area (Å²) in [6.07, 6.45) is 6.48. The zero-order chi connectivity index (χ0) is 15.5. The number of carbonyl (C=O) groups excluding carboxylic acids is 2. The Morgan fingerprint density at radius 3 is 2.55 bits per heavy atom. The van der Waals surface area contributed by atoms with E-state index >= 15 is 0 Å². The summed E-state index contributed by atoms with van der Waals surface area (Å²) in [5.74, 6) is 1.11. The zero-order valence-electron chi connectivity index (χ0n) is 12.8. The minimum absolute atomic E-state index is 0.267. The Labute approximate surface area is 129 Å². The van der Waals surface area contributed by atoms with E-state index in [1.165, 1.54) is 30.6 Å². The lowest BCUT2D eigenvalue weighted by atomic mass is 10.2. The summed E-state index contributed by atoms with van der Waals surface area (Å²) >= 11 is 0. The zero-order valence-corrected chi connectivity index (χ0v) is 12.8. The molecule has 0 aromatic carbocycles. The van der Waals surface area contributed by atoms with Crippen molar-refractivity contribution in [2.75, 3.05) is 24.5 Å². The molecule has 1 aromatic heterocycles. The molecule has 2 saturated heterocycles. The van der Waals surface area contributed by atoms with Crippen molar-refractivity contribution < 1.29 is 14.0 Å². The van der Waals surface area contributed by atoms with Crippen LogP contribution < -0.4 is 10.2 Å². The monoisotopic (exact) mass is 303 g/mol. The minimum Gasteiger partial charge on any atom is -0.441 e. The molecule has 0 unspecified atom stereocenters. The Hall–Kier alpha value is -2.24. The molecule has 6 nitrogen and oxygen atoms in total. The number of urea groups is 1. The molecule has 2 aliphatic rings. The number of nitrogens with zero attached hydrogens (tertiary/aromatic N) is 2. The lowest BCUT2D eigenvalue weighted by Gasteiger charge is -2.18. The summed E-state index contributed by atoms with van der Waals surface area (Å²) in [6.45, 7) is 4.13. The van der Waals surface area contributed by atoms with Gasteiger partial charge in [0.2, 0.25) is 0 Å². The van der Waals surface area contributed by atoms with Crippen LogP contribution in [0.3, 0.4) is 0 Å². The summed E-state index contributed by atoms with van der Waals surface area (Å²) in [5, 5.41) is 2.58.